The van der Waals surface area contributed by atoms with Crippen molar-refractivity contribution < 1.29 is 0 Å². The van der Waals surface area contributed by atoms with Crippen molar-refractivity contribution in [3.05, 3.63) is 72.3 Å². The number of aromatic nitrogens is 4. The molecule has 24 heavy (non-hydrogen) atoms. The van der Waals surface area contributed by atoms with E-state index in [4.69, 9.17) is 0 Å². The van der Waals surface area contributed by atoms with Crippen molar-refractivity contribution in [1.29, 1.82) is 0 Å². The highest BCUT2D eigenvalue weighted by Crippen LogP contribution is 2.34. The van der Waals surface area contributed by atoms with Crippen LogP contribution in [0, 0.1) is 0 Å². The Morgan fingerprint density at radius 2 is 1.46 bits per heavy atom. The van der Waals surface area contributed by atoms with Crippen LogP contribution in [0.4, 0.5) is 5.82 Å². The van der Waals surface area contributed by atoms with Crippen molar-refractivity contribution in [2.24, 2.45) is 0 Å². The zero-order chi connectivity index (χ0) is 15.9. The van der Waals surface area contributed by atoms with E-state index in [0.717, 1.165) is 24.4 Å². The van der Waals surface area contributed by atoms with Crippen molar-refractivity contribution in [2.45, 2.75) is 13.1 Å². The Hall–Kier alpha value is -3.21. The van der Waals surface area contributed by atoms with Gasteiger partial charge in [0.25, 0.3) is 0 Å². The summed E-state index contributed by atoms with van der Waals surface area (Å²) in [6.07, 6.45) is 3.25. The van der Waals surface area contributed by atoms with E-state index in [-0.39, 0.29) is 0 Å². The summed E-state index contributed by atoms with van der Waals surface area (Å²) >= 11 is 0. The Bertz CT molecular complexity index is 989. The van der Waals surface area contributed by atoms with E-state index in [9.17, 15) is 0 Å². The summed E-state index contributed by atoms with van der Waals surface area (Å²) in [7, 11) is 0. The topological polar surface area (TPSA) is 57.7 Å². The minimum atomic E-state index is 0.700. The lowest BCUT2D eigenvalue weighted by Gasteiger charge is -2.22. The summed E-state index contributed by atoms with van der Waals surface area (Å²) in [5, 5.41) is 0. The second-order valence-corrected chi connectivity index (χ2v) is 5.97. The molecule has 0 amide bonds. The summed E-state index contributed by atoms with van der Waals surface area (Å²) < 4.78 is 0. The van der Waals surface area contributed by atoms with E-state index in [1.807, 2.05) is 0 Å². The molecule has 2 aromatic heterocycles. The van der Waals surface area contributed by atoms with Gasteiger partial charge in [0.1, 0.15) is 11.8 Å². The fourth-order valence-electron chi connectivity index (χ4n) is 3.45. The minimum absolute atomic E-state index is 0.700. The molecule has 0 saturated carbocycles. The van der Waals surface area contributed by atoms with Crippen molar-refractivity contribution >= 4 is 17.0 Å². The molecule has 0 aliphatic carbocycles. The highest BCUT2D eigenvalue weighted by molar-refractivity contribution is 5.83. The molecule has 0 unspecified atom stereocenters. The van der Waals surface area contributed by atoms with Crippen LogP contribution in [0.25, 0.3) is 22.3 Å². The van der Waals surface area contributed by atoms with Crippen LogP contribution >= 0.6 is 0 Å². The van der Waals surface area contributed by atoms with Crippen LogP contribution in [-0.2, 0) is 13.1 Å². The summed E-state index contributed by atoms with van der Waals surface area (Å²) in [6.45, 7) is 1.60. The molecule has 2 aromatic carbocycles. The highest BCUT2D eigenvalue weighted by Gasteiger charge is 2.21. The standard InChI is InChI=1S/C19H15N5/c1-3-7-15-13(5-1)9-24(10-14-6-2-4-8-16(14)15)19-17-18(21-11-20-17)22-12-23-19/h1-8,11-12H,9-10H2,(H,20,21,22,23). The molecule has 0 saturated heterocycles. The van der Waals surface area contributed by atoms with E-state index in [1.54, 1.807) is 12.7 Å². The first kappa shape index (κ1) is 13.2. The summed E-state index contributed by atoms with van der Waals surface area (Å²) in [5.74, 6) is 0.893. The van der Waals surface area contributed by atoms with Gasteiger partial charge in [-0.25, -0.2) is 15.0 Å². The van der Waals surface area contributed by atoms with E-state index in [2.05, 4.69) is 73.4 Å². The van der Waals surface area contributed by atoms with Gasteiger partial charge in [-0.2, -0.15) is 0 Å². The first-order valence-electron chi connectivity index (χ1n) is 7.95. The molecule has 0 fully saturated rings. The molecular formula is C19H15N5. The number of hydrogen-bond acceptors (Lipinski definition) is 4. The maximum atomic E-state index is 4.53. The van der Waals surface area contributed by atoms with Gasteiger partial charge in [-0.15, -0.1) is 0 Å². The number of fused-ring (bicyclic) bond motifs is 4. The minimum Gasteiger partial charge on any atom is -0.346 e. The highest BCUT2D eigenvalue weighted by atomic mass is 15.2. The van der Waals surface area contributed by atoms with Crippen LogP contribution in [0.5, 0.6) is 0 Å². The Morgan fingerprint density at radius 3 is 2.17 bits per heavy atom. The molecule has 1 aliphatic heterocycles. The molecule has 0 radical (unpaired) electrons. The van der Waals surface area contributed by atoms with E-state index >= 15 is 0 Å². The molecule has 0 spiro atoms. The number of anilines is 1. The number of rotatable bonds is 1. The fraction of sp³-hybridized carbons (Fsp3) is 0.105. The maximum Gasteiger partial charge on any atom is 0.182 e. The molecule has 1 N–H and O–H groups in total. The molecule has 5 heteroatoms. The van der Waals surface area contributed by atoms with Gasteiger partial charge in [0.2, 0.25) is 0 Å². The van der Waals surface area contributed by atoms with Gasteiger partial charge in [-0.05, 0) is 22.3 Å². The van der Waals surface area contributed by atoms with Crippen molar-refractivity contribution in [1.82, 2.24) is 19.9 Å². The number of nitrogens with zero attached hydrogens (tertiary/aromatic N) is 4. The fourth-order valence-corrected chi connectivity index (χ4v) is 3.45. The summed E-state index contributed by atoms with van der Waals surface area (Å²) in [4.78, 5) is 18.5. The largest absolute Gasteiger partial charge is 0.346 e. The van der Waals surface area contributed by atoms with Crippen LogP contribution < -0.4 is 4.90 Å². The van der Waals surface area contributed by atoms with Crippen LogP contribution in [-0.4, -0.2) is 19.9 Å². The SMILES string of the molecule is c1ccc2c(c1)CN(c1ncnc3nc[nH]c13)Cc1ccccc1-2. The predicted octanol–water partition coefficient (Wildman–Crippen LogP) is 3.54. The predicted molar refractivity (Wildman–Crippen MR) is 93.4 cm³/mol. The monoisotopic (exact) mass is 313 g/mol. The number of aromatic amines is 1. The third kappa shape index (κ3) is 1.98. The molecule has 3 heterocycles. The van der Waals surface area contributed by atoms with Gasteiger partial charge in [0, 0.05) is 13.1 Å². The van der Waals surface area contributed by atoms with Crippen LogP contribution in [0.1, 0.15) is 11.1 Å². The van der Waals surface area contributed by atoms with Gasteiger partial charge in [-0.1, -0.05) is 48.5 Å². The second kappa shape index (κ2) is 5.16. The molecular weight excluding hydrogens is 298 g/mol. The Labute approximate surface area is 139 Å². The third-order valence-corrected chi connectivity index (χ3v) is 4.55. The number of H-pyrrole nitrogens is 1. The summed E-state index contributed by atoms with van der Waals surface area (Å²) in [5.41, 5.74) is 6.78. The molecule has 0 bridgehead atoms. The van der Waals surface area contributed by atoms with Gasteiger partial charge >= 0.3 is 0 Å². The number of nitrogens with one attached hydrogen (secondary N) is 1. The van der Waals surface area contributed by atoms with Gasteiger partial charge < -0.3 is 9.88 Å². The first-order chi connectivity index (χ1) is 11.9. The number of hydrogen-bond donors (Lipinski definition) is 1. The average Bonchev–Trinajstić information content (AvgIpc) is 3.04. The zero-order valence-corrected chi connectivity index (χ0v) is 13.0. The second-order valence-electron chi connectivity index (χ2n) is 5.97. The van der Waals surface area contributed by atoms with E-state index in [1.165, 1.54) is 22.3 Å². The van der Waals surface area contributed by atoms with Gasteiger partial charge in [-0.3, -0.25) is 0 Å². The Balaban J connectivity index is 1.72. The van der Waals surface area contributed by atoms with E-state index in [0.29, 0.717) is 5.65 Å². The Morgan fingerprint density at radius 1 is 0.792 bits per heavy atom. The molecule has 5 nitrogen and oxygen atoms in total. The first-order valence-corrected chi connectivity index (χ1v) is 7.95. The summed E-state index contributed by atoms with van der Waals surface area (Å²) in [6, 6.07) is 17.2. The van der Waals surface area contributed by atoms with Crippen molar-refractivity contribution in [3.8, 4) is 11.1 Å². The van der Waals surface area contributed by atoms with Crippen molar-refractivity contribution in [2.75, 3.05) is 4.90 Å². The average molecular weight is 313 g/mol. The van der Waals surface area contributed by atoms with Gasteiger partial charge in [0.15, 0.2) is 11.5 Å². The maximum absolute atomic E-state index is 4.53. The van der Waals surface area contributed by atoms with Crippen LogP contribution in [0.3, 0.4) is 0 Å². The quantitative estimate of drug-likeness (QED) is 0.584. The number of imidazole rings is 1. The lowest BCUT2D eigenvalue weighted by molar-refractivity contribution is 0.796. The lowest BCUT2D eigenvalue weighted by atomic mass is 9.97. The van der Waals surface area contributed by atoms with Gasteiger partial charge in [0.05, 0.1) is 6.33 Å². The molecule has 1 aliphatic rings. The zero-order valence-electron chi connectivity index (χ0n) is 13.0. The normalized spacial score (nSPS) is 13.4. The van der Waals surface area contributed by atoms with Crippen LogP contribution in [0.15, 0.2) is 61.2 Å². The number of benzene rings is 2. The van der Waals surface area contributed by atoms with E-state index < -0.39 is 0 Å². The van der Waals surface area contributed by atoms with Crippen molar-refractivity contribution in [3.63, 3.8) is 0 Å². The lowest BCUT2D eigenvalue weighted by Crippen LogP contribution is -2.22. The molecule has 0 atom stereocenters. The molecule has 116 valence electrons. The third-order valence-electron chi connectivity index (χ3n) is 4.55. The molecule has 4 aromatic rings. The van der Waals surface area contributed by atoms with Crippen LogP contribution in [0.2, 0.25) is 0 Å². The smallest absolute Gasteiger partial charge is 0.182 e. The molecule has 5 rings (SSSR count). The Kier molecular flexibility index (Phi) is 2.85.